The van der Waals surface area contributed by atoms with E-state index in [1.807, 2.05) is 0 Å². The molecule has 0 fully saturated rings. The zero-order valence-corrected chi connectivity index (χ0v) is 12.9. The molecule has 0 aromatic heterocycles. The number of benzene rings is 2. The molecule has 1 N–H and O–H groups in total. The maximum Gasteiger partial charge on any atom is 0.418 e. The second kappa shape index (κ2) is 6.58. The third-order valence-corrected chi connectivity index (χ3v) is 3.65. The van der Waals surface area contributed by atoms with Crippen LogP contribution in [0.4, 0.5) is 18.9 Å². The van der Waals surface area contributed by atoms with Gasteiger partial charge in [0.1, 0.15) is 0 Å². The molecule has 0 saturated carbocycles. The van der Waals surface area contributed by atoms with Crippen molar-refractivity contribution in [3.05, 3.63) is 63.6 Å². The molecule has 7 heteroatoms. The molecule has 0 spiro atoms. The highest BCUT2D eigenvalue weighted by molar-refractivity contribution is 6.42. The van der Waals surface area contributed by atoms with Crippen molar-refractivity contribution in [1.82, 2.24) is 0 Å². The molecule has 0 heterocycles. The first-order chi connectivity index (χ1) is 10.3. The van der Waals surface area contributed by atoms with E-state index < -0.39 is 11.7 Å². The van der Waals surface area contributed by atoms with Crippen molar-refractivity contribution in [3.8, 4) is 0 Å². The van der Waals surface area contributed by atoms with Crippen molar-refractivity contribution in [1.29, 1.82) is 0 Å². The number of hydrazone groups is 1. The molecule has 22 heavy (non-hydrogen) atoms. The van der Waals surface area contributed by atoms with E-state index in [9.17, 15) is 13.2 Å². The van der Waals surface area contributed by atoms with Gasteiger partial charge in [-0.05, 0) is 36.8 Å². The Hall–Kier alpha value is -1.72. The van der Waals surface area contributed by atoms with Crippen LogP contribution in [0.25, 0.3) is 0 Å². The maximum absolute atomic E-state index is 12.9. The average molecular weight is 347 g/mol. The summed E-state index contributed by atoms with van der Waals surface area (Å²) in [6.45, 7) is 1.66. The standard InChI is InChI=1S/C15H11Cl2F3N2/c1-9(10-6-7-12(16)13(17)8-10)21-22-14-5-3-2-4-11(14)15(18,19)20/h2-8,22H,1H3. The van der Waals surface area contributed by atoms with Crippen LogP contribution in [0.5, 0.6) is 0 Å². The third kappa shape index (κ3) is 3.93. The minimum absolute atomic E-state index is 0.116. The van der Waals surface area contributed by atoms with Crippen LogP contribution in [0, 0.1) is 0 Å². The van der Waals surface area contributed by atoms with Gasteiger partial charge in [0, 0.05) is 0 Å². The third-order valence-electron chi connectivity index (χ3n) is 2.91. The SMILES string of the molecule is CC(=NNc1ccccc1C(F)(F)F)c1ccc(Cl)c(Cl)c1. The number of hydrogen-bond donors (Lipinski definition) is 1. The number of hydrogen-bond acceptors (Lipinski definition) is 2. The first-order valence-corrected chi connectivity index (χ1v) is 6.96. The van der Waals surface area contributed by atoms with Crippen LogP contribution in [0.1, 0.15) is 18.1 Å². The Balaban J connectivity index is 2.26. The fraction of sp³-hybridized carbons (Fsp3) is 0.133. The lowest BCUT2D eigenvalue weighted by atomic mass is 10.1. The molecule has 0 aliphatic heterocycles. The maximum atomic E-state index is 12.9. The first-order valence-electron chi connectivity index (χ1n) is 6.21. The summed E-state index contributed by atoms with van der Waals surface area (Å²) >= 11 is 11.7. The van der Waals surface area contributed by atoms with E-state index in [0.29, 0.717) is 21.3 Å². The topological polar surface area (TPSA) is 24.4 Å². The van der Waals surface area contributed by atoms with E-state index in [0.717, 1.165) is 6.07 Å². The van der Waals surface area contributed by atoms with Crippen molar-refractivity contribution in [3.63, 3.8) is 0 Å². The number of para-hydroxylation sites is 1. The number of anilines is 1. The van der Waals surface area contributed by atoms with Gasteiger partial charge in [-0.1, -0.05) is 41.4 Å². The summed E-state index contributed by atoms with van der Waals surface area (Å²) in [6, 6.07) is 10.0. The predicted molar refractivity (Wildman–Crippen MR) is 83.7 cm³/mol. The Morgan fingerprint density at radius 3 is 2.36 bits per heavy atom. The molecule has 0 atom stereocenters. The number of nitrogens with zero attached hydrogens (tertiary/aromatic N) is 1. The zero-order valence-electron chi connectivity index (χ0n) is 11.4. The Morgan fingerprint density at radius 2 is 1.73 bits per heavy atom. The Bertz CT molecular complexity index is 712. The largest absolute Gasteiger partial charge is 0.418 e. The second-order valence-electron chi connectivity index (χ2n) is 4.48. The van der Waals surface area contributed by atoms with Crippen molar-refractivity contribution in [2.75, 3.05) is 5.43 Å². The minimum atomic E-state index is -4.45. The molecule has 0 aliphatic carbocycles. The van der Waals surface area contributed by atoms with E-state index in [4.69, 9.17) is 23.2 Å². The summed E-state index contributed by atoms with van der Waals surface area (Å²) in [5, 5.41) is 4.72. The van der Waals surface area contributed by atoms with E-state index in [-0.39, 0.29) is 5.69 Å². The molecule has 0 aliphatic rings. The monoisotopic (exact) mass is 346 g/mol. The molecule has 2 aromatic rings. The lowest BCUT2D eigenvalue weighted by Crippen LogP contribution is -2.09. The van der Waals surface area contributed by atoms with Crippen molar-refractivity contribution < 1.29 is 13.2 Å². The number of nitrogens with one attached hydrogen (secondary N) is 1. The fourth-order valence-corrected chi connectivity index (χ4v) is 2.06. The Labute approximate surface area is 135 Å². The van der Waals surface area contributed by atoms with Crippen LogP contribution in [0.3, 0.4) is 0 Å². The highest BCUT2D eigenvalue weighted by Gasteiger charge is 2.33. The van der Waals surface area contributed by atoms with Gasteiger partial charge in [0.05, 0.1) is 27.0 Å². The normalized spacial score (nSPS) is 12.4. The Kier molecular flexibility index (Phi) is 4.98. The predicted octanol–water partition coefficient (Wildman–Crippen LogP) is 5.85. The molecule has 0 saturated heterocycles. The lowest BCUT2D eigenvalue weighted by molar-refractivity contribution is -0.136. The van der Waals surface area contributed by atoms with Crippen LogP contribution in [-0.2, 0) is 6.18 Å². The van der Waals surface area contributed by atoms with Gasteiger partial charge in [0.25, 0.3) is 0 Å². The number of alkyl halides is 3. The van der Waals surface area contributed by atoms with E-state index >= 15 is 0 Å². The van der Waals surface area contributed by atoms with Crippen molar-refractivity contribution in [2.24, 2.45) is 5.10 Å². The van der Waals surface area contributed by atoms with E-state index in [2.05, 4.69) is 10.5 Å². The molecule has 116 valence electrons. The van der Waals surface area contributed by atoms with Gasteiger partial charge in [-0.2, -0.15) is 18.3 Å². The molecular formula is C15H11Cl2F3N2. The van der Waals surface area contributed by atoms with Crippen molar-refractivity contribution in [2.45, 2.75) is 13.1 Å². The lowest BCUT2D eigenvalue weighted by Gasteiger charge is -2.12. The fourth-order valence-electron chi connectivity index (χ4n) is 1.76. The van der Waals surface area contributed by atoms with Gasteiger partial charge >= 0.3 is 6.18 Å². The summed E-state index contributed by atoms with van der Waals surface area (Å²) in [5.74, 6) is 0. The minimum Gasteiger partial charge on any atom is -0.278 e. The van der Waals surface area contributed by atoms with E-state index in [1.54, 1.807) is 25.1 Å². The molecule has 0 unspecified atom stereocenters. The number of rotatable bonds is 3. The van der Waals surface area contributed by atoms with Crippen LogP contribution in [-0.4, -0.2) is 5.71 Å². The zero-order chi connectivity index (χ0) is 16.3. The molecule has 0 amide bonds. The smallest absolute Gasteiger partial charge is 0.278 e. The van der Waals surface area contributed by atoms with Crippen LogP contribution >= 0.6 is 23.2 Å². The molecule has 0 bridgehead atoms. The molecule has 0 radical (unpaired) electrons. The van der Waals surface area contributed by atoms with Gasteiger partial charge in [-0.25, -0.2) is 0 Å². The summed E-state index contributed by atoms with van der Waals surface area (Å²) in [6.07, 6.45) is -4.45. The number of halogens is 5. The van der Waals surface area contributed by atoms with Gasteiger partial charge in [0.2, 0.25) is 0 Å². The molecular weight excluding hydrogens is 336 g/mol. The Morgan fingerprint density at radius 1 is 1.05 bits per heavy atom. The highest BCUT2D eigenvalue weighted by Crippen LogP contribution is 2.34. The molecule has 2 rings (SSSR count). The van der Waals surface area contributed by atoms with Crippen LogP contribution in [0.2, 0.25) is 10.0 Å². The summed E-state index contributed by atoms with van der Waals surface area (Å²) in [5.41, 5.74) is 2.69. The second-order valence-corrected chi connectivity index (χ2v) is 5.30. The summed E-state index contributed by atoms with van der Waals surface area (Å²) in [7, 11) is 0. The highest BCUT2D eigenvalue weighted by atomic mass is 35.5. The summed E-state index contributed by atoms with van der Waals surface area (Å²) < 4.78 is 38.6. The van der Waals surface area contributed by atoms with Gasteiger partial charge in [-0.3, -0.25) is 5.43 Å². The average Bonchev–Trinajstić information content (AvgIpc) is 2.47. The van der Waals surface area contributed by atoms with E-state index in [1.165, 1.54) is 18.2 Å². The van der Waals surface area contributed by atoms with Crippen LogP contribution in [0.15, 0.2) is 47.6 Å². The summed E-state index contributed by atoms with van der Waals surface area (Å²) in [4.78, 5) is 0. The van der Waals surface area contributed by atoms with Gasteiger partial charge in [-0.15, -0.1) is 0 Å². The first kappa shape index (κ1) is 16.6. The molecule has 2 nitrogen and oxygen atoms in total. The quantitative estimate of drug-likeness (QED) is 0.547. The van der Waals surface area contributed by atoms with Crippen LogP contribution < -0.4 is 5.43 Å². The van der Waals surface area contributed by atoms with Gasteiger partial charge in [0.15, 0.2) is 0 Å². The van der Waals surface area contributed by atoms with Crippen molar-refractivity contribution >= 4 is 34.6 Å². The molecule has 2 aromatic carbocycles. The van der Waals surface area contributed by atoms with Gasteiger partial charge < -0.3 is 0 Å².